The van der Waals surface area contributed by atoms with Crippen LogP contribution in [-0.4, -0.2) is 58.9 Å². The van der Waals surface area contributed by atoms with Crippen LogP contribution in [-0.2, 0) is 26.2 Å². The van der Waals surface area contributed by atoms with Crippen molar-refractivity contribution in [1.29, 1.82) is 10.5 Å². The largest absolute Gasteiger partial charge is 0.481 e. The summed E-state index contributed by atoms with van der Waals surface area (Å²) in [6.07, 6.45) is 10.6. The summed E-state index contributed by atoms with van der Waals surface area (Å²) >= 11 is 0. The highest BCUT2D eigenvalue weighted by atomic mass is 16.5. The van der Waals surface area contributed by atoms with Crippen LogP contribution in [0.2, 0.25) is 0 Å². The van der Waals surface area contributed by atoms with Gasteiger partial charge in [0.1, 0.15) is 22.8 Å². The SMILES string of the molecule is COc1cc2cc(C(=O)Nc3cccc4c3CN(C#N)C4)[nH]c2cn1.N#CN1Cc2cccc(NC(=O)c3cc(-c4cnccn4)n[nH]3)c2C1. The average molecular weight is 665 g/mol. The Morgan fingerprint density at radius 1 is 0.800 bits per heavy atom. The van der Waals surface area contributed by atoms with Gasteiger partial charge in [-0.05, 0) is 35.4 Å². The van der Waals surface area contributed by atoms with Crippen LogP contribution in [0.1, 0.15) is 43.2 Å². The molecule has 0 atom stereocenters. The number of nitrogens with one attached hydrogen (secondary N) is 4. The van der Waals surface area contributed by atoms with Gasteiger partial charge in [0.05, 0.1) is 51.2 Å². The van der Waals surface area contributed by atoms with E-state index in [-0.39, 0.29) is 11.8 Å². The lowest BCUT2D eigenvalue weighted by molar-refractivity contribution is 0.101. The summed E-state index contributed by atoms with van der Waals surface area (Å²) < 4.78 is 5.10. The number of nitrogens with zero attached hydrogens (tertiary/aromatic N) is 8. The van der Waals surface area contributed by atoms with Gasteiger partial charge in [-0.15, -0.1) is 0 Å². The molecule has 0 fully saturated rings. The number of carbonyl (C=O) groups is 2. The van der Waals surface area contributed by atoms with Crippen LogP contribution in [0.4, 0.5) is 11.4 Å². The molecule has 2 amide bonds. The minimum atomic E-state index is -0.300. The number of rotatable bonds is 6. The number of hydrogen-bond acceptors (Lipinski definition) is 11. The van der Waals surface area contributed by atoms with Crippen molar-refractivity contribution >= 4 is 34.1 Å². The highest BCUT2D eigenvalue weighted by molar-refractivity contribution is 6.06. The number of pyridine rings is 1. The third-order valence-corrected chi connectivity index (χ3v) is 8.33. The average Bonchev–Trinajstić information content (AvgIpc) is 3.97. The third-order valence-electron chi connectivity index (χ3n) is 8.33. The number of ether oxygens (including phenoxy) is 1. The third kappa shape index (κ3) is 6.34. The fourth-order valence-corrected chi connectivity index (χ4v) is 5.84. The smallest absolute Gasteiger partial charge is 0.273 e. The van der Waals surface area contributed by atoms with Crippen molar-refractivity contribution in [2.24, 2.45) is 0 Å². The second-order valence-electron chi connectivity index (χ2n) is 11.5. The predicted octanol–water partition coefficient (Wildman–Crippen LogP) is 4.54. The van der Waals surface area contributed by atoms with Gasteiger partial charge in [-0.2, -0.15) is 15.6 Å². The zero-order chi connectivity index (χ0) is 34.6. The van der Waals surface area contributed by atoms with Gasteiger partial charge in [-0.3, -0.25) is 24.7 Å². The molecule has 0 bridgehead atoms. The first-order chi connectivity index (χ1) is 24.4. The molecule has 0 unspecified atom stereocenters. The predicted molar refractivity (Wildman–Crippen MR) is 181 cm³/mol. The zero-order valence-corrected chi connectivity index (χ0v) is 26.6. The lowest BCUT2D eigenvalue weighted by Gasteiger charge is -2.09. The van der Waals surface area contributed by atoms with Crippen LogP contribution >= 0.6 is 0 Å². The van der Waals surface area contributed by atoms with E-state index in [1.807, 2.05) is 36.4 Å². The zero-order valence-electron chi connectivity index (χ0n) is 26.6. The van der Waals surface area contributed by atoms with E-state index in [0.717, 1.165) is 38.8 Å². The van der Waals surface area contributed by atoms with Crippen molar-refractivity contribution in [3.63, 3.8) is 0 Å². The molecule has 246 valence electrons. The van der Waals surface area contributed by atoms with Crippen molar-refractivity contribution < 1.29 is 14.3 Å². The highest BCUT2D eigenvalue weighted by Crippen LogP contribution is 2.30. The van der Waals surface area contributed by atoms with Gasteiger partial charge >= 0.3 is 0 Å². The van der Waals surface area contributed by atoms with E-state index in [1.54, 1.807) is 59.9 Å². The Bertz CT molecular complexity index is 2320. The van der Waals surface area contributed by atoms with E-state index >= 15 is 0 Å². The molecular formula is C35H28N12O3. The summed E-state index contributed by atoms with van der Waals surface area (Å²) in [4.78, 5) is 43.8. The first-order valence-corrected chi connectivity index (χ1v) is 15.4. The molecule has 6 heterocycles. The monoisotopic (exact) mass is 664 g/mol. The van der Waals surface area contributed by atoms with Crippen molar-refractivity contribution in [3.05, 3.63) is 113 Å². The molecule has 0 spiro atoms. The molecule has 0 aliphatic carbocycles. The molecule has 6 aromatic rings. The minimum Gasteiger partial charge on any atom is -0.481 e. The maximum atomic E-state index is 12.6. The topological polar surface area (TPSA) is 205 Å². The molecule has 15 nitrogen and oxygen atoms in total. The van der Waals surface area contributed by atoms with Crippen molar-refractivity contribution in [1.82, 2.24) is 39.9 Å². The molecule has 8 rings (SSSR count). The molecule has 0 radical (unpaired) electrons. The summed E-state index contributed by atoms with van der Waals surface area (Å²) in [6.45, 7) is 2.15. The Hall–Kier alpha value is -7.26. The molecule has 2 aliphatic rings. The Labute approximate surface area is 285 Å². The molecule has 2 aliphatic heterocycles. The fourth-order valence-electron chi connectivity index (χ4n) is 5.84. The number of anilines is 2. The maximum absolute atomic E-state index is 12.6. The number of H-pyrrole nitrogens is 2. The Morgan fingerprint density at radius 3 is 2.06 bits per heavy atom. The van der Waals surface area contributed by atoms with E-state index in [4.69, 9.17) is 15.3 Å². The van der Waals surface area contributed by atoms with Gasteiger partial charge in [0.15, 0.2) is 12.4 Å². The number of aromatic amines is 2. The van der Waals surface area contributed by atoms with Crippen LogP contribution in [0.3, 0.4) is 0 Å². The standard InChI is InChI=1S/C18H15N5O2.C17H13N7O/c1-25-17-6-12-5-15(21-16(12)7-20-17)18(24)22-14-4-2-3-11-8-23(10-19)9-13(11)14;18-10-24-8-11-2-1-3-13(12(11)9-24)21-17(25)15-6-14(22-23-15)16-7-19-4-5-20-16/h2-7,21H,8-9H2,1H3,(H,22,24);1-7H,8-9H2,(H,21,25)(H,22,23). The molecule has 0 saturated heterocycles. The molecule has 15 heteroatoms. The number of hydrogen-bond donors (Lipinski definition) is 4. The quantitative estimate of drug-likeness (QED) is 0.182. The van der Waals surface area contributed by atoms with E-state index in [9.17, 15) is 9.59 Å². The van der Waals surface area contributed by atoms with Crippen LogP contribution in [0, 0.1) is 22.9 Å². The first kappa shape index (κ1) is 31.3. The number of amides is 2. The maximum Gasteiger partial charge on any atom is 0.273 e. The Morgan fingerprint density at radius 2 is 1.46 bits per heavy atom. The van der Waals surface area contributed by atoms with Crippen molar-refractivity contribution in [2.75, 3.05) is 17.7 Å². The van der Waals surface area contributed by atoms with E-state index in [0.29, 0.717) is 60.5 Å². The molecule has 0 saturated carbocycles. The van der Waals surface area contributed by atoms with E-state index in [1.165, 1.54) is 0 Å². The summed E-state index contributed by atoms with van der Waals surface area (Å²) in [5, 5.41) is 31.6. The number of methoxy groups -OCH3 is 1. The van der Waals surface area contributed by atoms with Crippen LogP contribution in [0.25, 0.3) is 22.3 Å². The van der Waals surface area contributed by atoms with E-state index in [2.05, 4.69) is 53.2 Å². The number of carbonyl (C=O) groups excluding carboxylic acids is 2. The van der Waals surface area contributed by atoms with Crippen LogP contribution in [0.15, 0.2) is 79.4 Å². The van der Waals surface area contributed by atoms with Gasteiger partial charge in [0.2, 0.25) is 5.88 Å². The molecular weight excluding hydrogens is 636 g/mol. The minimum absolute atomic E-state index is 0.237. The summed E-state index contributed by atoms with van der Waals surface area (Å²) in [5.41, 5.74) is 8.16. The number of benzene rings is 2. The lowest BCUT2D eigenvalue weighted by atomic mass is 10.1. The Kier molecular flexibility index (Phi) is 8.44. The van der Waals surface area contributed by atoms with Gasteiger partial charge in [0.25, 0.3) is 11.8 Å². The van der Waals surface area contributed by atoms with Gasteiger partial charge in [-0.1, -0.05) is 24.3 Å². The normalized spacial score (nSPS) is 12.6. The van der Waals surface area contributed by atoms with Crippen molar-refractivity contribution in [2.45, 2.75) is 26.2 Å². The second kappa shape index (κ2) is 13.5. The molecule has 50 heavy (non-hydrogen) atoms. The van der Waals surface area contributed by atoms with Crippen molar-refractivity contribution in [3.8, 4) is 29.7 Å². The van der Waals surface area contributed by atoms with Gasteiger partial charge < -0.3 is 30.2 Å². The number of aromatic nitrogens is 6. The molecule has 2 aromatic carbocycles. The first-order valence-electron chi connectivity index (χ1n) is 15.4. The Balaban J connectivity index is 0.000000157. The van der Waals surface area contributed by atoms with Gasteiger partial charge in [0, 0.05) is 46.3 Å². The fraction of sp³-hybridized carbons (Fsp3) is 0.143. The van der Waals surface area contributed by atoms with Gasteiger partial charge in [-0.25, -0.2) is 4.98 Å². The second-order valence-corrected chi connectivity index (χ2v) is 11.5. The summed E-state index contributed by atoms with van der Waals surface area (Å²) in [5.74, 6) is -0.0404. The van der Waals surface area contributed by atoms with Crippen LogP contribution < -0.4 is 15.4 Å². The summed E-state index contributed by atoms with van der Waals surface area (Å²) in [7, 11) is 1.55. The van der Waals surface area contributed by atoms with E-state index < -0.39 is 0 Å². The summed E-state index contributed by atoms with van der Waals surface area (Å²) in [6, 6.07) is 16.5. The molecule has 4 N–H and O–H groups in total. The van der Waals surface area contributed by atoms with Crippen LogP contribution in [0.5, 0.6) is 5.88 Å². The number of fused-ring (bicyclic) bond motifs is 3. The highest BCUT2D eigenvalue weighted by Gasteiger charge is 2.23. The lowest BCUT2D eigenvalue weighted by Crippen LogP contribution is -2.14. The molecule has 4 aromatic heterocycles. The number of nitriles is 2.